The summed E-state index contributed by atoms with van der Waals surface area (Å²) in [6.45, 7) is 1.83. The molecule has 0 aliphatic rings. The van der Waals surface area contributed by atoms with Crippen molar-refractivity contribution in [1.29, 1.82) is 0 Å². The number of hydrogen-bond donors (Lipinski definition) is 1. The molecule has 0 atom stereocenters. The normalized spacial score (nSPS) is 10.6. The molecule has 0 unspecified atom stereocenters. The number of rotatable bonds is 4. The summed E-state index contributed by atoms with van der Waals surface area (Å²) in [5, 5.41) is 15.9. The van der Waals surface area contributed by atoms with E-state index in [0.29, 0.717) is 21.6 Å². The van der Waals surface area contributed by atoms with E-state index in [1.165, 1.54) is 4.80 Å². The van der Waals surface area contributed by atoms with Crippen molar-refractivity contribution in [3.8, 4) is 11.4 Å². The van der Waals surface area contributed by atoms with E-state index in [0.717, 1.165) is 11.1 Å². The molecule has 0 saturated heterocycles. The van der Waals surface area contributed by atoms with Gasteiger partial charge in [-0.2, -0.15) is 4.80 Å². The summed E-state index contributed by atoms with van der Waals surface area (Å²) in [4.78, 5) is 13.4. The maximum Gasteiger partial charge on any atom is 0.248 e. The largest absolute Gasteiger partial charge is 0.324 e. The van der Waals surface area contributed by atoms with Crippen LogP contribution >= 0.6 is 23.2 Å². The van der Waals surface area contributed by atoms with Crippen LogP contribution in [0.25, 0.3) is 11.4 Å². The van der Waals surface area contributed by atoms with Crippen LogP contribution in [-0.4, -0.2) is 26.1 Å². The first-order chi connectivity index (χ1) is 11.5. The fraction of sp³-hybridized carbons (Fsp3) is 0.125. The number of aromatic nitrogens is 4. The van der Waals surface area contributed by atoms with Crippen molar-refractivity contribution in [1.82, 2.24) is 20.2 Å². The Morgan fingerprint density at radius 2 is 1.96 bits per heavy atom. The van der Waals surface area contributed by atoms with E-state index in [1.807, 2.05) is 19.1 Å². The van der Waals surface area contributed by atoms with Crippen molar-refractivity contribution in [3.63, 3.8) is 0 Å². The Morgan fingerprint density at radius 3 is 2.75 bits per heavy atom. The fourth-order valence-electron chi connectivity index (χ4n) is 2.10. The Balaban J connectivity index is 1.70. The second-order valence-corrected chi connectivity index (χ2v) is 6.03. The van der Waals surface area contributed by atoms with Gasteiger partial charge in [-0.3, -0.25) is 4.79 Å². The number of aryl methyl sites for hydroxylation is 1. The van der Waals surface area contributed by atoms with Gasteiger partial charge in [0.2, 0.25) is 11.7 Å². The zero-order chi connectivity index (χ0) is 17.1. The molecule has 8 heteroatoms. The zero-order valence-corrected chi connectivity index (χ0v) is 14.2. The number of nitrogens with zero attached hydrogens (tertiary/aromatic N) is 4. The predicted octanol–water partition coefficient (Wildman–Crippen LogP) is 3.59. The molecule has 6 nitrogen and oxygen atoms in total. The Labute approximate surface area is 148 Å². The first kappa shape index (κ1) is 16.4. The van der Waals surface area contributed by atoms with Gasteiger partial charge >= 0.3 is 0 Å². The third-order valence-corrected chi connectivity index (χ3v) is 3.76. The number of amides is 1. The molecule has 0 fully saturated rings. The fourth-order valence-corrected chi connectivity index (χ4v) is 2.46. The van der Waals surface area contributed by atoms with E-state index in [-0.39, 0.29) is 12.5 Å². The van der Waals surface area contributed by atoms with Crippen molar-refractivity contribution < 1.29 is 4.79 Å². The van der Waals surface area contributed by atoms with E-state index in [4.69, 9.17) is 23.2 Å². The lowest BCUT2D eigenvalue weighted by Gasteiger charge is -2.08. The van der Waals surface area contributed by atoms with E-state index in [2.05, 4.69) is 20.7 Å². The van der Waals surface area contributed by atoms with Crippen LogP contribution in [0.15, 0.2) is 42.5 Å². The van der Waals surface area contributed by atoms with Gasteiger partial charge in [0.25, 0.3) is 0 Å². The van der Waals surface area contributed by atoms with Gasteiger partial charge in [0, 0.05) is 21.3 Å². The Kier molecular flexibility index (Phi) is 4.78. The highest BCUT2D eigenvalue weighted by Crippen LogP contribution is 2.20. The molecule has 122 valence electrons. The first-order valence-corrected chi connectivity index (χ1v) is 7.86. The number of nitrogens with one attached hydrogen (secondary N) is 1. The van der Waals surface area contributed by atoms with Crippen LogP contribution in [0, 0.1) is 6.92 Å². The van der Waals surface area contributed by atoms with Crippen LogP contribution < -0.4 is 5.32 Å². The van der Waals surface area contributed by atoms with E-state index < -0.39 is 0 Å². The summed E-state index contributed by atoms with van der Waals surface area (Å²) in [6, 6.07) is 12.4. The number of tetrazole rings is 1. The van der Waals surface area contributed by atoms with Gasteiger partial charge in [0.1, 0.15) is 6.54 Å². The molecule has 1 aromatic heterocycles. The van der Waals surface area contributed by atoms with E-state index in [1.54, 1.807) is 30.3 Å². The van der Waals surface area contributed by atoms with Gasteiger partial charge in [-0.05, 0) is 42.0 Å². The topological polar surface area (TPSA) is 72.7 Å². The van der Waals surface area contributed by atoms with Crippen molar-refractivity contribution in [3.05, 3.63) is 58.1 Å². The summed E-state index contributed by atoms with van der Waals surface area (Å²) >= 11 is 11.9. The van der Waals surface area contributed by atoms with Gasteiger partial charge in [-0.1, -0.05) is 41.4 Å². The lowest BCUT2D eigenvalue weighted by Crippen LogP contribution is -2.21. The average molecular weight is 362 g/mol. The number of hydrogen-bond acceptors (Lipinski definition) is 4. The minimum absolute atomic E-state index is 0.0560. The van der Waals surface area contributed by atoms with Gasteiger partial charge in [-0.25, -0.2) is 0 Å². The van der Waals surface area contributed by atoms with Crippen molar-refractivity contribution in [2.75, 3.05) is 5.32 Å². The predicted molar refractivity (Wildman–Crippen MR) is 93.1 cm³/mol. The van der Waals surface area contributed by atoms with Crippen LogP contribution in [0.3, 0.4) is 0 Å². The number of carbonyl (C=O) groups excluding carboxylic acids is 1. The van der Waals surface area contributed by atoms with Gasteiger partial charge in [-0.15, -0.1) is 10.2 Å². The first-order valence-electron chi connectivity index (χ1n) is 7.11. The lowest BCUT2D eigenvalue weighted by molar-refractivity contribution is -0.117. The summed E-state index contributed by atoms with van der Waals surface area (Å²) in [6.07, 6.45) is 0. The zero-order valence-electron chi connectivity index (χ0n) is 12.7. The summed E-state index contributed by atoms with van der Waals surface area (Å²) in [5.74, 6) is 0.139. The second-order valence-electron chi connectivity index (χ2n) is 5.16. The lowest BCUT2D eigenvalue weighted by atomic mass is 10.2. The van der Waals surface area contributed by atoms with Gasteiger partial charge in [0.15, 0.2) is 0 Å². The second kappa shape index (κ2) is 6.98. The third-order valence-electron chi connectivity index (χ3n) is 3.29. The van der Waals surface area contributed by atoms with E-state index in [9.17, 15) is 4.79 Å². The van der Waals surface area contributed by atoms with Gasteiger partial charge < -0.3 is 5.32 Å². The summed E-state index contributed by atoms with van der Waals surface area (Å²) in [7, 11) is 0. The molecule has 0 bridgehead atoms. The van der Waals surface area contributed by atoms with E-state index >= 15 is 0 Å². The minimum Gasteiger partial charge on any atom is -0.324 e. The molecule has 3 rings (SSSR count). The Morgan fingerprint density at radius 1 is 1.17 bits per heavy atom. The molecule has 0 aliphatic heterocycles. The molecular weight excluding hydrogens is 349 g/mol. The van der Waals surface area contributed by atoms with Crippen LogP contribution in [-0.2, 0) is 11.3 Å². The molecular formula is C16H13Cl2N5O. The number of carbonyl (C=O) groups is 1. The third kappa shape index (κ3) is 3.90. The molecule has 3 aromatic rings. The Bertz CT molecular complexity index is 894. The average Bonchev–Trinajstić information content (AvgIpc) is 2.99. The van der Waals surface area contributed by atoms with Crippen LogP contribution in [0.1, 0.15) is 5.56 Å². The molecule has 2 aromatic carbocycles. The minimum atomic E-state index is -0.268. The molecule has 0 spiro atoms. The number of anilines is 1. The van der Waals surface area contributed by atoms with Gasteiger partial charge in [0.05, 0.1) is 0 Å². The molecule has 1 N–H and O–H groups in total. The van der Waals surface area contributed by atoms with Crippen LogP contribution in [0.2, 0.25) is 10.0 Å². The molecule has 24 heavy (non-hydrogen) atoms. The molecule has 0 aliphatic carbocycles. The van der Waals surface area contributed by atoms with Crippen molar-refractivity contribution in [2.24, 2.45) is 0 Å². The maximum absolute atomic E-state index is 12.1. The number of halogens is 2. The van der Waals surface area contributed by atoms with Crippen LogP contribution in [0.4, 0.5) is 5.69 Å². The molecule has 0 saturated carbocycles. The monoisotopic (exact) mass is 361 g/mol. The standard InChI is InChI=1S/C16H13Cl2N5O/c1-10-5-6-13(18)8-14(10)19-15(24)9-23-21-16(20-22-23)11-3-2-4-12(17)7-11/h2-8H,9H2,1H3,(H,19,24). The smallest absolute Gasteiger partial charge is 0.248 e. The molecule has 1 amide bonds. The molecule has 1 heterocycles. The highest BCUT2D eigenvalue weighted by Gasteiger charge is 2.11. The maximum atomic E-state index is 12.1. The number of benzene rings is 2. The summed E-state index contributed by atoms with van der Waals surface area (Å²) < 4.78 is 0. The molecule has 0 radical (unpaired) electrons. The van der Waals surface area contributed by atoms with Crippen molar-refractivity contribution in [2.45, 2.75) is 13.5 Å². The quantitative estimate of drug-likeness (QED) is 0.770. The Hall–Kier alpha value is -2.44. The van der Waals surface area contributed by atoms with Crippen molar-refractivity contribution >= 4 is 34.8 Å². The SMILES string of the molecule is Cc1ccc(Cl)cc1NC(=O)Cn1nnc(-c2cccc(Cl)c2)n1. The van der Waals surface area contributed by atoms with Crippen LogP contribution in [0.5, 0.6) is 0 Å². The highest BCUT2D eigenvalue weighted by atomic mass is 35.5. The highest BCUT2D eigenvalue weighted by molar-refractivity contribution is 6.31. The summed E-state index contributed by atoms with van der Waals surface area (Å²) in [5.41, 5.74) is 2.31.